The van der Waals surface area contributed by atoms with E-state index in [1.54, 1.807) is 18.0 Å². The SMILES string of the molecule is CCCCCCCCCCC(CCCCCCCC)CN(C(=O)C(=O)OCC)c1ccc2ncccc2c1Cl. The second-order valence-corrected chi connectivity index (χ2v) is 11.2. The first-order valence-electron chi connectivity index (χ1n) is 15.5. The average Bonchev–Trinajstić information content (AvgIpc) is 2.95. The summed E-state index contributed by atoms with van der Waals surface area (Å²) in [7, 11) is 0. The molecule has 1 heterocycles. The van der Waals surface area contributed by atoms with Crippen molar-refractivity contribution in [2.24, 2.45) is 5.92 Å². The van der Waals surface area contributed by atoms with Gasteiger partial charge in [0.1, 0.15) is 0 Å². The molecule has 0 bridgehead atoms. The Hall–Kier alpha value is -2.14. The molecule has 0 spiro atoms. The Kier molecular flexibility index (Phi) is 16.8. The molecule has 0 N–H and O–H groups in total. The number of hydrogen-bond acceptors (Lipinski definition) is 4. The van der Waals surface area contributed by atoms with Gasteiger partial charge in [-0.3, -0.25) is 9.78 Å². The summed E-state index contributed by atoms with van der Waals surface area (Å²) in [5.74, 6) is -1.17. The Morgan fingerprint density at radius 3 is 1.95 bits per heavy atom. The number of anilines is 1. The predicted molar refractivity (Wildman–Crippen MR) is 164 cm³/mol. The van der Waals surface area contributed by atoms with Crippen LogP contribution in [0.25, 0.3) is 10.9 Å². The molecule has 0 fully saturated rings. The minimum absolute atomic E-state index is 0.160. The lowest BCUT2D eigenvalue weighted by molar-refractivity contribution is -0.153. The first kappa shape index (κ1) is 33.1. The summed E-state index contributed by atoms with van der Waals surface area (Å²) in [5.41, 5.74) is 1.32. The molecule has 0 aliphatic heterocycles. The third-order valence-electron chi connectivity index (χ3n) is 7.56. The van der Waals surface area contributed by atoms with Crippen molar-refractivity contribution >= 4 is 40.1 Å². The fourth-order valence-corrected chi connectivity index (χ4v) is 5.60. The summed E-state index contributed by atoms with van der Waals surface area (Å²) in [6, 6.07) is 7.41. The summed E-state index contributed by atoms with van der Waals surface area (Å²) < 4.78 is 5.12. The van der Waals surface area contributed by atoms with Crippen molar-refractivity contribution in [1.82, 2.24) is 4.98 Å². The maximum Gasteiger partial charge on any atom is 0.397 e. The van der Waals surface area contributed by atoms with Gasteiger partial charge in [0, 0.05) is 18.1 Å². The number of hydrogen-bond donors (Lipinski definition) is 0. The van der Waals surface area contributed by atoms with E-state index in [1.807, 2.05) is 24.3 Å². The normalized spacial score (nSPS) is 12.0. The molecule has 39 heavy (non-hydrogen) atoms. The number of nitrogens with zero attached hydrogens (tertiary/aromatic N) is 2. The monoisotopic (exact) mass is 558 g/mol. The Bertz CT molecular complexity index is 981. The predicted octanol–water partition coefficient (Wildman–Crippen LogP) is 9.68. The zero-order chi connectivity index (χ0) is 28.3. The minimum Gasteiger partial charge on any atom is -0.459 e. The molecule has 0 saturated heterocycles. The number of benzene rings is 1. The Balaban J connectivity index is 2.16. The highest BCUT2D eigenvalue weighted by molar-refractivity contribution is 6.42. The largest absolute Gasteiger partial charge is 0.459 e. The van der Waals surface area contributed by atoms with E-state index in [9.17, 15) is 9.59 Å². The van der Waals surface area contributed by atoms with Gasteiger partial charge in [-0.05, 0) is 49.9 Å². The molecule has 0 saturated carbocycles. The number of unbranched alkanes of at least 4 members (excludes halogenated alkanes) is 12. The lowest BCUT2D eigenvalue weighted by Gasteiger charge is -2.28. The van der Waals surface area contributed by atoms with Crippen LogP contribution in [0.2, 0.25) is 5.02 Å². The highest BCUT2D eigenvalue weighted by atomic mass is 35.5. The molecule has 1 aromatic carbocycles. The van der Waals surface area contributed by atoms with Crippen LogP contribution in [-0.4, -0.2) is 30.0 Å². The van der Waals surface area contributed by atoms with Crippen LogP contribution in [0.1, 0.15) is 124 Å². The summed E-state index contributed by atoms with van der Waals surface area (Å²) in [4.78, 5) is 32.0. The molecule has 6 heteroatoms. The van der Waals surface area contributed by atoms with Gasteiger partial charge in [-0.15, -0.1) is 0 Å². The number of carbonyl (C=O) groups is 2. The maximum atomic E-state index is 13.4. The van der Waals surface area contributed by atoms with Crippen molar-refractivity contribution in [3.05, 3.63) is 35.5 Å². The Labute approximate surface area is 242 Å². The van der Waals surface area contributed by atoms with Gasteiger partial charge >= 0.3 is 11.9 Å². The van der Waals surface area contributed by atoms with Crippen molar-refractivity contribution in [2.45, 2.75) is 124 Å². The Morgan fingerprint density at radius 1 is 0.821 bits per heavy atom. The standard InChI is InChI=1S/C33H51ClN2O3/c1-4-7-9-11-13-14-16-18-21-27(20-17-15-12-10-8-5-2)26-36(32(37)33(38)39-6-3)30-24-23-29-28(31(30)34)22-19-25-35-29/h19,22-25,27H,4-18,20-21,26H2,1-3H3. The number of esters is 1. The molecule has 1 amide bonds. The second kappa shape index (κ2) is 19.8. The van der Waals surface area contributed by atoms with E-state index in [4.69, 9.17) is 16.3 Å². The number of amides is 1. The van der Waals surface area contributed by atoms with Crippen molar-refractivity contribution < 1.29 is 14.3 Å². The van der Waals surface area contributed by atoms with E-state index in [0.717, 1.165) is 36.6 Å². The van der Waals surface area contributed by atoms with E-state index < -0.39 is 11.9 Å². The van der Waals surface area contributed by atoms with Gasteiger partial charge in [0.15, 0.2) is 0 Å². The summed E-state index contributed by atoms with van der Waals surface area (Å²) >= 11 is 6.83. The number of carbonyl (C=O) groups excluding carboxylic acids is 2. The number of aromatic nitrogens is 1. The minimum atomic E-state index is -0.828. The molecule has 0 radical (unpaired) electrons. The van der Waals surface area contributed by atoms with Crippen LogP contribution in [0, 0.1) is 5.92 Å². The van der Waals surface area contributed by atoms with E-state index >= 15 is 0 Å². The first-order chi connectivity index (χ1) is 19.0. The molecule has 218 valence electrons. The zero-order valence-electron chi connectivity index (χ0n) is 24.7. The number of ether oxygens (including phenoxy) is 1. The van der Waals surface area contributed by atoms with E-state index in [-0.39, 0.29) is 6.61 Å². The van der Waals surface area contributed by atoms with Crippen LogP contribution in [0.3, 0.4) is 0 Å². The highest BCUT2D eigenvalue weighted by Crippen LogP contribution is 2.34. The van der Waals surface area contributed by atoms with Gasteiger partial charge in [-0.25, -0.2) is 4.79 Å². The van der Waals surface area contributed by atoms with Gasteiger partial charge in [-0.2, -0.15) is 0 Å². The van der Waals surface area contributed by atoms with E-state index in [2.05, 4.69) is 18.8 Å². The lowest BCUT2D eigenvalue weighted by atomic mass is 9.93. The van der Waals surface area contributed by atoms with Crippen molar-refractivity contribution in [3.8, 4) is 0 Å². The van der Waals surface area contributed by atoms with Crippen LogP contribution < -0.4 is 4.90 Å². The first-order valence-corrected chi connectivity index (χ1v) is 15.9. The lowest BCUT2D eigenvalue weighted by Crippen LogP contribution is -2.41. The summed E-state index contributed by atoms with van der Waals surface area (Å²) in [6.45, 7) is 6.83. The van der Waals surface area contributed by atoms with Crippen molar-refractivity contribution in [3.63, 3.8) is 0 Å². The molecule has 0 aliphatic carbocycles. The fraction of sp³-hybridized carbons (Fsp3) is 0.667. The number of fused-ring (bicyclic) bond motifs is 1. The molecule has 1 unspecified atom stereocenters. The molecule has 1 atom stereocenters. The zero-order valence-corrected chi connectivity index (χ0v) is 25.4. The smallest absolute Gasteiger partial charge is 0.397 e. The molecular formula is C33H51ClN2O3. The third-order valence-corrected chi connectivity index (χ3v) is 7.95. The molecule has 1 aromatic heterocycles. The maximum absolute atomic E-state index is 13.4. The van der Waals surface area contributed by atoms with Crippen molar-refractivity contribution in [1.29, 1.82) is 0 Å². The van der Waals surface area contributed by atoms with Gasteiger partial charge < -0.3 is 9.64 Å². The van der Waals surface area contributed by atoms with Crippen LogP contribution >= 0.6 is 11.6 Å². The van der Waals surface area contributed by atoms with Crippen molar-refractivity contribution in [2.75, 3.05) is 18.1 Å². The highest BCUT2D eigenvalue weighted by Gasteiger charge is 2.29. The molecular weight excluding hydrogens is 508 g/mol. The third kappa shape index (κ3) is 11.9. The van der Waals surface area contributed by atoms with Crippen LogP contribution in [0.4, 0.5) is 5.69 Å². The number of halogens is 1. The average molecular weight is 559 g/mol. The van der Waals surface area contributed by atoms with Gasteiger partial charge in [0.2, 0.25) is 0 Å². The van der Waals surface area contributed by atoms with Crippen LogP contribution in [0.15, 0.2) is 30.5 Å². The Morgan fingerprint density at radius 2 is 1.38 bits per heavy atom. The molecule has 2 aromatic rings. The topological polar surface area (TPSA) is 59.5 Å². The van der Waals surface area contributed by atoms with Gasteiger partial charge in [0.25, 0.3) is 0 Å². The molecule has 5 nitrogen and oxygen atoms in total. The van der Waals surface area contributed by atoms with Gasteiger partial charge in [-0.1, -0.05) is 115 Å². The van der Waals surface area contributed by atoms with Crippen LogP contribution in [-0.2, 0) is 14.3 Å². The number of rotatable bonds is 20. The van der Waals surface area contributed by atoms with E-state index in [0.29, 0.717) is 23.2 Å². The van der Waals surface area contributed by atoms with Crippen LogP contribution in [0.5, 0.6) is 0 Å². The molecule has 2 rings (SSSR count). The summed E-state index contributed by atoms with van der Waals surface area (Å²) in [5, 5.41) is 1.22. The van der Waals surface area contributed by atoms with E-state index in [1.165, 1.54) is 77.0 Å². The van der Waals surface area contributed by atoms with Gasteiger partial charge in [0.05, 0.1) is 22.8 Å². The summed E-state index contributed by atoms with van der Waals surface area (Å²) in [6.07, 6.45) is 21.4. The second-order valence-electron chi connectivity index (χ2n) is 10.8. The molecule has 0 aliphatic rings. The quantitative estimate of drug-likeness (QED) is 0.0921. The fourth-order valence-electron chi connectivity index (χ4n) is 5.27. The number of pyridine rings is 1.